The predicted octanol–water partition coefficient (Wildman–Crippen LogP) is -0.200. The monoisotopic (exact) mass is 241 g/mol. The van der Waals surface area contributed by atoms with Gasteiger partial charge in [0.1, 0.15) is 5.82 Å². The van der Waals surface area contributed by atoms with Gasteiger partial charge in [-0.2, -0.15) is 0 Å². The van der Waals surface area contributed by atoms with Crippen molar-refractivity contribution in [3.05, 3.63) is 35.6 Å². The molecule has 1 aromatic carbocycles. The molecule has 1 aliphatic rings. The number of aliphatic hydroxyl groups excluding tert-OH is 3. The van der Waals surface area contributed by atoms with Crippen LogP contribution in [0.3, 0.4) is 0 Å². The van der Waals surface area contributed by atoms with Crippen LogP contribution in [0.1, 0.15) is 11.7 Å². The fraction of sp³-hybridized carbons (Fsp3) is 0.500. The van der Waals surface area contributed by atoms with Gasteiger partial charge in [-0.25, -0.2) is 4.39 Å². The molecule has 0 aromatic heterocycles. The van der Waals surface area contributed by atoms with Gasteiger partial charge in [0.2, 0.25) is 0 Å². The Balaban J connectivity index is 2.13. The van der Waals surface area contributed by atoms with Crippen LogP contribution in [0.5, 0.6) is 0 Å². The van der Waals surface area contributed by atoms with Crippen molar-refractivity contribution in [2.45, 2.75) is 18.3 Å². The van der Waals surface area contributed by atoms with E-state index >= 15 is 0 Å². The lowest BCUT2D eigenvalue weighted by Crippen LogP contribution is -2.52. The summed E-state index contributed by atoms with van der Waals surface area (Å²) >= 11 is 0. The van der Waals surface area contributed by atoms with E-state index in [0.717, 1.165) is 0 Å². The third kappa shape index (κ3) is 2.63. The highest BCUT2D eigenvalue weighted by Gasteiger charge is 2.35. The fourth-order valence-electron chi connectivity index (χ4n) is 2.13. The summed E-state index contributed by atoms with van der Waals surface area (Å²) in [4.78, 5) is 0. The molecular formula is C12H16FNO3. The van der Waals surface area contributed by atoms with Crippen LogP contribution in [0.25, 0.3) is 0 Å². The molecule has 4 N–H and O–H groups in total. The van der Waals surface area contributed by atoms with Gasteiger partial charge in [-0.15, -0.1) is 0 Å². The Kier molecular flexibility index (Phi) is 3.73. The van der Waals surface area contributed by atoms with E-state index in [-0.39, 0.29) is 5.82 Å². The summed E-state index contributed by atoms with van der Waals surface area (Å²) in [6.07, 6.45) is -2.78. The van der Waals surface area contributed by atoms with Gasteiger partial charge in [-0.1, -0.05) is 12.1 Å². The van der Waals surface area contributed by atoms with Gasteiger partial charge in [-0.3, -0.25) is 0 Å². The number of piperidine rings is 1. The number of β-amino-alcohol motifs (C(OH)–C–C–N with tert-alkyl or cyclic N) is 1. The van der Waals surface area contributed by atoms with E-state index in [4.69, 9.17) is 0 Å². The highest BCUT2D eigenvalue weighted by Crippen LogP contribution is 2.27. The lowest BCUT2D eigenvalue weighted by atomic mass is 9.86. The summed E-state index contributed by atoms with van der Waals surface area (Å²) in [6.45, 7) is 0.727. The Hall–Kier alpha value is -1.01. The van der Waals surface area contributed by atoms with E-state index in [1.165, 1.54) is 24.3 Å². The van der Waals surface area contributed by atoms with Crippen molar-refractivity contribution in [1.82, 2.24) is 5.32 Å². The second-order valence-electron chi connectivity index (χ2n) is 4.38. The number of nitrogens with one attached hydrogen (secondary N) is 1. The van der Waals surface area contributed by atoms with Crippen molar-refractivity contribution in [3.8, 4) is 0 Å². The van der Waals surface area contributed by atoms with Crippen molar-refractivity contribution < 1.29 is 19.7 Å². The zero-order valence-corrected chi connectivity index (χ0v) is 9.25. The summed E-state index contributed by atoms with van der Waals surface area (Å²) < 4.78 is 12.7. The normalized spacial score (nSPS) is 31.2. The molecule has 4 atom stereocenters. The molecule has 0 radical (unpaired) electrons. The van der Waals surface area contributed by atoms with Gasteiger partial charge in [-0.05, 0) is 17.7 Å². The first kappa shape index (κ1) is 12.4. The SMILES string of the molecule is OC1CNCC(C(O)c2ccc(F)cc2)C1O. The largest absolute Gasteiger partial charge is 0.390 e. The topological polar surface area (TPSA) is 72.7 Å². The van der Waals surface area contributed by atoms with Gasteiger partial charge in [0.15, 0.2) is 0 Å². The van der Waals surface area contributed by atoms with Crippen LogP contribution in [-0.2, 0) is 0 Å². The molecule has 1 aromatic rings. The molecule has 94 valence electrons. The van der Waals surface area contributed by atoms with E-state index < -0.39 is 24.2 Å². The van der Waals surface area contributed by atoms with Gasteiger partial charge < -0.3 is 20.6 Å². The number of benzene rings is 1. The smallest absolute Gasteiger partial charge is 0.123 e. The highest BCUT2D eigenvalue weighted by molar-refractivity contribution is 5.20. The summed E-state index contributed by atoms with van der Waals surface area (Å²) in [5, 5.41) is 32.3. The first-order valence-electron chi connectivity index (χ1n) is 5.60. The van der Waals surface area contributed by atoms with Crippen molar-refractivity contribution in [2.75, 3.05) is 13.1 Å². The molecule has 2 rings (SSSR count). The third-order valence-corrected chi connectivity index (χ3v) is 3.18. The lowest BCUT2D eigenvalue weighted by Gasteiger charge is -2.35. The molecule has 1 fully saturated rings. The fourth-order valence-corrected chi connectivity index (χ4v) is 2.13. The van der Waals surface area contributed by atoms with Crippen LogP contribution in [0.4, 0.5) is 4.39 Å². The van der Waals surface area contributed by atoms with E-state index in [1.54, 1.807) is 0 Å². The van der Waals surface area contributed by atoms with Gasteiger partial charge in [0.25, 0.3) is 0 Å². The highest BCUT2D eigenvalue weighted by atomic mass is 19.1. The van der Waals surface area contributed by atoms with Gasteiger partial charge in [0, 0.05) is 19.0 Å². The maximum absolute atomic E-state index is 12.7. The van der Waals surface area contributed by atoms with E-state index in [0.29, 0.717) is 18.7 Å². The third-order valence-electron chi connectivity index (χ3n) is 3.18. The standard InChI is InChI=1S/C12H16FNO3/c13-8-3-1-7(2-4-8)11(16)9-5-14-6-10(15)12(9)17/h1-4,9-12,14-17H,5-6H2. The minimum absolute atomic E-state index is 0.313. The van der Waals surface area contributed by atoms with Crippen molar-refractivity contribution in [2.24, 2.45) is 5.92 Å². The number of hydrogen-bond acceptors (Lipinski definition) is 4. The molecule has 4 nitrogen and oxygen atoms in total. The summed E-state index contributed by atoms with van der Waals surface area (Å²) in [5.41, 5.74) is 0.534. The molecule has 0 aliphatic carbocycles. The van der Waals surface area contributed by atoms with Crippen LogP contribution in [-0.4, -0.2) is 40.6 Å². The average molecular weight is 241 g/mol. The second-order valence-corrected chi connectivity index (χ2v) is 4.38. The van der Waals surface area contributed by atoms with Crippen LogP contribution < -0.4 is 5.32 Å². The number of hydrogen-bond donors (Lipinski definition) is 4. The van der Waals surface area contributed by atoms with E-state index in [9.17, 15) is 19.7 Å². The Morgan fingerprint density at radius 3 is 2.47 bits per heavy atom. The molecule has 0 saturated carbocycles. The van der Waals surface area contributed by atoms with Crippen molar-refractivity contribution in [3.63, 3.8) is 0 Å². The van der Waals surface area contributed by atoms with E-state index in [2.05, 4.69) is 5.32 Å². The first-order valence-corrected chi connectivity index (χ1v) is 5.60. The van der Waals surface area contributed by atoms with Crippen LogP contribution >= 0.6 is 0 Å². The number of halogens is 1. The zero-order valence-electron chi connectivity index (χ0n) is 9.25. The molecule has 0 bridgehead atoms. The van der Waals surface area contributed by atoms with Gasteiger partial charge >= 0.3 is 0 Å². The molecule has 1 saturated heterocycles. The maximum Gasteiger partial charge on any atom is 0.123 e. The summed E-state index contributed by atoms with van der Waals surface area (Å²) in [5.74, 6) is -0.868. The first-order chi connectivity index (χ1) is 8.09. The van der Waals surface area contributed by atoms with E-state index in [1.807, 2.05) is 0 Å². The lowest BCUT2D eigenvalue weighted by molar-refractivity contribution is -0.0748. The second kappa shape index (κ2) is 5.10. The zero-order chi connectivity index (χ0) is 12.4. The van der Waals surface area contributed by atoms with Crippen molar-refractivity contribution >= 4 is 0 Å². The Bertz CT molecular complexity index is 371. The molecular weight excluding hydrogens is 225 g/mol. The maximum atomic E-state index is 12.7. The molecule has 17 heavy (non-hydrogen) atoms. The molecule has 4 unspecified atom stereocenters. The van der Waals surface area contributed by atoms with Crippen molar-refractivity contribution in [1.29, 1.82) is 0 Å². The molecule has 5 heteroatoms. The Labute approximate surface area is 98.7 Å². The number of rotatable bonds is 2. The summed E-state index contributed by atoms with van der Waals surface area (Å²) in [7, 11) is 0. The number of aliphatic hydroxyl groups is 3. The summed E-state index contributed by atoms with van der Waals surface area (Å²) in [6, 6.07) is 5.48. The molecule has 1 aliphatic heterocycles. The Morgan fingerprint density at radius 1 is 1.18 bits per heavy atom. The average Bonchev–Trinajstić information content (AvgIpc) is 2.33. The minimum Gasteiger partial charge on any atom is -0.390 e. The Morgan fingerprint density at radius 2 is 1.82 bits per heavy atom. The van der Waals surface area contributed by atoms with Crippen LogP contribution in [0, 0.1) is 11.7 Å². The minimum atomic E-state index is -0.976. The molecule has 1 heterocycles. The van der Waals surface area contributed by atoms with Crippen LogP contribution in [0.2, 0.25) is 0 Å². The quantitative estimate of drug-likeness (QED) is 0.578. The molecule has 0 spiro atoms. The predicted molar refractivity (Wildman–Crippen MR) is 59.7 cm³/mol. The van der Waals surface area contributed by atoms with Gasteiger partial charge in [0.05, 0.1) is 18.3 Å². The van der Waals surface area contributed by atoms with Crippen LogP contribution in [0.15, 0.2) is 24.3 Å². The molecule has 0 amide bonds.